The third-order valence-electron chi connectivity index (χ3n) is 7.38. The molecule has 212 valence electrons. The molecule has 0 aromatic carbocycles. The average Bonchev–Trinajstić information content (AvgIpc) is 2.85. The highest BCUT2D eigenvalue weighted by Crippen LogP contribution is 2.31. The standard InChI is InChI=1S/C28H46FN7O2/c1-4-7-9-23(33-17-21(29)8-5-2)25(26(30)31)27(37)34-28(11-6-3)20-32-12-10-24(28)36-15-13-35(14-16-36)22-18-38-19-22/h5,8-10,12,17,22,25-26,33H,4,6-7,11,13-16,18-20,30-31H2,1-3H3,(H,34,37)/b8-5-,21-17+,23-9-. The van der Waals surface area contributed by atoms with Crippen LogP contribution in [-0.2, 0) is 9.53 Å². The van der Waals surface area contributed by atoms with Gasteiger partial charge in [-0.1, -0.05) is 38.8 Å². The number of carbonyl (C=O) groups is 1. The Hall–Kier alpha value is -2.53. The number of hydrogen-bond acceptors (Lipinski definition) is 8. The van der Waals surface area contributed by atoms with Gasteiger partial charge in [0.15, 0.2) is 0 Å². The average molecular weight is 532 g/mol. The molecule has 3 aliphatic heterocycles. The molecular formula is C28H46FN7O2. The van der Waals surface area contributed by atoms with Crippen LogP contribution in [0.25, 0.3) is 0 Å². The molecule has 2 atom stereocenters. The summed E-state index contributed by atoms with van der Waals surface area (Å²) in [5.41, 5.74) is 13.2. The molecule has 0 bridgehead atoms. The number of halogens is 1. The Morgan fingerprint density at radius 3 is 2.58 bits per heavy atom. The summed E-state index contributed by atoms with van der Waals surface area (Å²) in [4.78, 5) is 23.3. The van der Waals surface area contributed by atoms with E-state index in [-0.39, 0.29) is 5.91 Å². The zero-order valence-electron chi connectivity index (χ0n) is 23.2. The van der Waals surface area contributed by atoms with Crippen molar-refractivity contribution in [1.29, 1.82) is 0 Å². The summed E-state index contributed by atoms with van der Waals surface area (Å²) >= 11 is 0. The van der Waals surface area contributed by atoms with Crippen molar-refractivity contribution in [3.05, 3.63) is 47.7 Å². The van der Waals surface area contributed by atoms with Gasteiger partial charge in [-0.25, -0.2) is 4.39 Å². The lowest BCUT2D eigenvalue weighted by Gasteiger charge is -2.48. The maximum Gasteiger partial charge on any atom is 0.232 e. The van der Waals surface area contributed by atoms with Crippen molar-refractivity contribution in [2.75, 3.05) is 45.9 Å². The molecule has 0 aliphatic carbocycles. The van der Waals surface area contributed by atoms with Gasteiger partial charge in [0.2, 0.25) is 5.91 Å². The number of hydrogen-bond donors (Lipinski definition) is 4. The third-order valence-corrected chi connectivity index (χ3v) is 7.38. The van der Waals surface area contributed by atoms with E-state index in [2.05, 4.69) is 32.3 Å². The maximum atomic E-state index is 14.1. The Bertz CT molecular complexity index is 933. The van der Waals surface area contributed by atoms with Crippen molar-refractivity contribution in [1.82, 2.24) is 20.4 Å². The van der Waals surface area contributed by atoms with Gasteiger partial charge < -0.3 is 31.7 Å². The molecule has 9 nitrogen and oxygen atoms in total. The van der Waals surface area contributed by atoms with Crippen LogP contribution >= 0.6 is 0 Å². The van der Waals surface area contributed by atoms with Gasteiger partial charge in [0.05, 0.1) is 37.5 Å². The van der Waals surface area contributed by atoms with E-state index >= 15 is 0 Å². The topological polar surface area (TPSA) is 121 Å². The Labute approximate surface area is 226 Å². The van der Waals surface area contributed by atoms with Crippen LogP contribution in [-0.4, -0.2) is 85.6 Å². The second kappa shape index (κ2) is 14.6. The van der Waals surface area contributed by atoms with Crippen LogP contribution in [0.4, 0.5) is 4.39 Å². The highest BCUT2D eigenvalue weighted by Gasteiger charge is 2.42. The van der Waals surface area contributed by atoms with Gasteiger partial charge in [-0.15, -0.1) is 0 Å². The normalized spacial score (nSPS) is 24.5. The van der Waals surface area contributed by atoms with Gasteiger partial charge in [0.25, 0.3) is 0 Å². The third kappa shape index (κ3) is 7.53. The molecule has 3 heterocycles. The number of aliphatic imine (C=N–C) groups is 1. The zero-order chi connectivity index (χ0) is 27.5. The largest absolute Gasteiger partial charge is 0.378 e. The van der Waals surface area contributed by atoms with Crippen LogP contribution in [0.1, 0.15) is 46.5 Å². The summed E-state index contributed by atoms with van der Waals surface area (Å²) in [6.07, 6.45) is 12.1. The number of nitrogens with two attached hydrogens (primary N) is 2. The number of carbonyl (C=O) groups excluding carboxylic acids is 1. The van der Waals surface area contributed by atoms with Crippen LogP contribution in [0.15, 0.2) is 52.7 Å². The van der Waals surface area contributed by atoms with E-state index in [1.54, 1.807) is 13.0 Å². The van der Waals surface area contributed by atoms with Gasteiger partial charge in [-0.3, -0.25) is 14.7 Å². The molecule has 3 rings (SSSR count). The smallest absolute Gasteiger partial charge is 0.232 e. The van der Waals surface area contributed by atoms with Crippen molar-refractivity contribution in [2.24, 2.45) is 22.4 Å². The molecule has 10 heteroatoms. The SMILES string of the molecule is C/C=C\C(F)=C/N/C(=C\CCC)C(C(=O)NC1(CCC)CN=CC=C1N1CCN(C2COC2)CC1)C(N)N. The van der Waals surface area contributed by atoms with E-state index in [1.807, 2.05) is 25.3 Å². The summed E-state index contributed by atoms with van der Waals surface area (Å²) in [7, 11) is 0. The number of nitrogens with one attached hydrogen (secondary N) is 2. The zero-order valence-corrected chi connectivity index (χ0v) is 23.2. The quantitative estimate of drug-likeness (QED) is 0.212. The predicted octanol–water partition coefficient (Wildman–Crippen LogP) is 2.15. The predicted molar refractivity (Wildman–Crippen MR) is 151 cm³/mol. The summed E-state index contributed by atoms with van der Waals surface area (Å²) in [6.45, 7) is 11.6. The molecular weight excluding hydrogens is 485 g/mol. The lowest BCUT2D eigenvalue weighted by Crippen LogP contribution is -2.63. The first kappa shape index (κ1) is 30.0. The van der Waals surface area contributed by atoms with Gasteiger partial charge >= 0.3 is 0 Å². The molecule has 2 saturated heterocycles. The van der Waals surface area contributed by atoms with Crippen LogP contribution < -0.4 is 22.1 Å². The van der Waals surface area contributed by atoms with Gasteiger partial charge in [0, 0.05) is 50.0 Å². The van der Waals surface area contributed by atoms with E-state index < -0.39 is 23.4 Å². The molecule has 1 amide bonds. The fraction of sp³-hybridized carbons (Fsp3) is 0.643. The van der Waals surface area contributed by atoms with E-state index in [1.165, 1.54) is 12.3 Å². The maximum absolute atomic E-state index is 14.1. The Morgan fingerprint density at radius 2 is 2.00 bits per heavy atom. The van der Waals surface area contributed by atoms with E-state index in [9.17, 15) is 9.18 Å². The summed E-state index contributed by atoms with van der Waals surface area (Å²) in [5.74, 6) is -1.63. The number of piperazine rings is 1. The number of nitrogens with zero attached hydrogens (tertiary/aromatic N) is 3. The van der Waals surface area contributed by atoms with Crippen LogP contribution in [0.2, 0.25) is 0 Å². The van der Waals surface area contributed by atoms with Gasteiger partial charge in [-0.05, 0) is 31.9 Å². The molecule has 0 aromatic heterocycles. The summed E-state index contributed by atoms with van der Waals surface area (Å²) < 4.78 is 19.5. The molecule has 3 aliphatic rings. The molecule has 6 N–H and O–H groups in total. The Balaban J connectivity index is 1.83. The minimum absolute atomic E-state index is 0.295. The van der Waals surface area contributed by atoms with Crippen LogP contribution in [0, 0.1) is 5.92 Å². The first-order valence-corrected chi connectivity index (χ1v) is 13.9. The lowest BCUT2D eigenvalue weighted by atomic mass is 9.85. The number of ether oxygens (including phenoxy) is 1. The molecule has 2 unspecified atom stereocenters. The van der Waals surface area contributed by atoms with Crippen molar-refractivity contribution in [3.8, 4) is 0 Å². The fourth-order valence-electron chi connectivity index (χ4n) is 5.31. The highest BCUT2D eigenvalue weighted by molar-refractivity contribution is 5.84. The number of unbranched alkanes of at least 4 members (excludes halogenated alkanes) is 1. The van der Waals surface area contributed by atoms with Crippen molar-refractivity contribution >= 4 is 12.1 Å². The van der Waals surface area contributed by atoms with Gasteiger partial charge in [-0.2, -0.15) is 0 Å². The number of allylic oxidation sites excluding steroid dienone is 5. The van der Waals surface area contributed by atoms with E-state index in [0.717, 1.165) is 64.4 Å². The van der Waals surface area contributed by atoms with Crippen LogP contribution in [0.3, 0.4) is 0 Å². The van der Waals surface area contributed by atoms with Crippen molar-refractivity contribution in [3.63, 3.8) is 0 Å². The molecule has 0 saturated carbocycles. The van der Waals surface area contributed by atoms with Crippen molar-refractivity contribution < 1.29 is 13.9 Å². The molecule has 0 spiro atoms. The lowest BCUT2D eigenvalue weighted by molar-refractivity contribution is -0.126. The van der Waals surface area contributed by atoms with Crippen molar-refractivity contribution in [2.45, 2.75) is 64.2 Å². The molecule has 0 aromatic rings. The first-order valence-electron chi connectivity index (χ1n) is 13.9. The monoisotopic (exact) mass is 531 g/mol. The second-order valence-corrected chi connectivity index (χ2v) is 10.3. The van der Waals surface area contributed by atoms with E-state index in [0.29, 0.717) is 24.7 Å². The molecule has 0 radical (unpaired) electrons. The Kier molecular flexibility index (Phi) is 11.5. The fourth-order valence-corrected chi connectivity index (χ4v) is 5.31. The van der Waals surface area contributed by atoms with Gasteiger partial charge in [0.1, 0.15) is 11.7 Å². The van der Waals surface area contributed by atoms with Crippen LogP contribution in [0.5, 0.6) is 0 Å². The second-order valence-electron chi connectivity index (χ2n) is 10.3. The highest BCUT2D eigenvalue weighted by atomic mass is 19.1. The number of dihydropyridines is 1. The minimum atomic E-state index is -0.977. The minimum Gasteiger partial charge on any atom is -0.378 e. The number of rotatable bonds is 13. The first-order chi connectivity index (χ1) is 18.3. The summed E-state index contributed by atoms with van der Waals surface area (Å²) in [5, 5.41) is 6.29. The molecule has 2 fully saturated rings. The Morgan fingerprint density at radius 1 is 1.26 bits per heavy atom. The van der Waals surface area contributed by atoms with E-state index in [4.69, 9.17) is 16.2 Å². The number of amides is 1. The molecule has 38 heavy (non-hydrogen) atoms. The summed E-state index contributed by atoms with van der Waals surface area (Å²) in [6, 6.07) is 0.512.